The first-order valence-corrected chi connectivity index (χ1v) is 7.49. The molecule has 2 bridgehead atoms. The van der Waals surface area contributed by atoms with E-state index in [2.05, 4.69) is 5.32 Å². The summed E-state index contributed by atoms with van der Waals surface area (Å²) in [6.07, 6.45) is 5.67. The van der Waals surface area contributed by atoms with Gasteiger partial charge < -0.3 is 14.8 Å². The second-order valence-corrected chi connectivity index (χ2v) is 6.09. The van der Waals surface area contributed by atoms with Crippen LogP contribution in [0.4, 0.5) is 0 Å². The molecule has 1 aromatic rings. The van der Waals surface area contributed by atoms with Gasteiger partial charge in [-0.3, -0.25) is 4.79 Å². The highest BCUT2D eigenvalue weighted by Crippen LogP contribution is 2.36. The Labute approximate surface area is 118 Å². The molecule has 4 nitrogen and oxygen atoms in total. The van der Waals surface area contributed by atoms with Crippen LogP contribution in [0.1, 0.15) is 42.5 Å². The van der Waals surface area contributed by atoms with E-state index < -0.39 is 0 Å². The molecule has 4 rings (SSSR count). The van der Waals surface area contributed by atoms with Crippen LogP contribution in [0.25, 0.3) is 0 Å². The van der Waals surface area contributed by atoms with Gasteiger partial charge in [0.15, 0.2) is 17.3 Å². The number of hydrogen-bond acceptors (Lipinski definition) is 4. The van der Waals surface area contributed by atoms with E-state index in [1.165, 1.54) is 19.3 Å². The molecule has 20 heavy (non-hydrogen) atoms. The van der Waals surface area contributed by atoms with Crippen molar-refractivity contribution in [2.45, 2.75) is 44.2 Å². The van der Waals surface area contributed by atoms with E-state index >= 15 is 0 Å². The van der Waals surface area contributed by atoms with Crippen LogP contribution in [0.3, 0.4) is 0 Å². The van der Waals surface area contributed by atoms with Gasteiger partial charge in [0.05, 0.1) is 0 Å². The number of ketones is 1. The van der Waals surface area contributed by atoms with E-state index in [4.69, 9.17) is 9.47 Å². The summed E-state index contributed by atoms with van der Waals surface area (Å²) in [4.78, 5) is 12.7. The molecule has 0 aliphatic carbocycles. The number of piperidine rings is 2. The molecule has 4 heteroatoms. The number of carbonyl (C=O) groups is 1. The first-order valence-electron chi connectivity index (χ1n) is 7.49. The first kappa shape index (κ1) is 12.2. The van der Waals surface area contributed by atoms with Crippen molar-refractivity contribution < 1.29 is 14.3 Å². The van der Waals surface area contributed by atoms with Gasteiger partial charge in [-0.25, -0.2) is 0 Å². The van der Waals surface area contributed by atoms with Crippen molar-refractivity contribution in [3.63, 3.8) is 0 Å². The van der Waals surface area contributed by atoms with E-state index in [1.54, 1.807) is 0 Å². The Morgan fingerprint density at radius 3 is 2.65 bits per heavy atom. The second-order valence-electron chi connectivity index (χ2n) is 6.09. The monoisotopic (exact) mass is 273 g/mol. The summed E-state index contributed by atoms with van der Waals surface area (Å²) in [7, 11) is 0. The molecule has 1 N–H and O–H groups in total. The van der Waals surface area contributed by atoms with Crippen molar-refractivity contribution in [1.29, 1.82) is 0 Å². The first-order chi connectivity index (χ1) is 9.79. The highest BCUT2D eigenvalue weighted by molar-refractivity contribution is 5.98. The van der Waals surface area contributed by atoms with E-state index in [0.717, 1.165) is 24.2 Å². The minimum atomic E-state index is 0.159. The molecule has 2 unspecified atom stereocenters. The SMILES string of the molecule is O=C(c1ccc2c(c1)OCO2)C1CC2CCCC(C1)N2. The fraction of sp³-hybridized carbons (Fsp3) is 0.562. The molecule has 1 aromatic carbocycles. The number of ether oxygens (including phenoxy) is 2. The topological polar surface area (TPSA) is 47.6 Å². The summed E-state index contributed by atoms with van der Waals surface area (Å²) in [5.41, 5.74) is 0.763. The van der Waals surface area contributed by atoms with Crippen molar-refractivity contribution in [2.75, 3.05) is 6.79 Å². The zero-order valence-electron chi connectivity index (χ0n) is 11.4. The van der Waals surface area contributed by atoms with Crippen molar-refractivity contribution >= 4 is 5.78 Å². The maximum Gasteiger partial charge on any atom is 0.231 e. The predicted molar refractivity (Wildman–Crippen MR) is 74.2 cm³/mol. The number of nitrogens with one attached hydrogen (secondary N) is 1. The van der Waals surface area contributed by atoms with Gasteiger partial charge in [0.2, 0.25) is 6.79 Å². The van der Waals surface area contributed by atoms with Gasteiger partial charge in [0, 0.05) is 23.6 Å². The van der Waals surface area contributed by atoms with Gasteiger partial charge in [-0.05, 0) is 43.9 Å². The Bertz CT molecular complexity index is 531. The van der Waals surface area contributed by atoms with Gasteiger partial charge in [0.1, 0.15) is 0 Å². The molecular formula is C16H19NO3. The lowest BCUT2D eigenvalue weighted by atomic mass is 9.77. The minimum absolute atomic E-state index is 0.159. The van der Waals surface area contributed by atoms with E-state index in [1.807, 2.05) is 18.2 Å². The fourth-order valence-corrected chi connectivity index (χ4v) is 3.77. The molecule has 0 amide bonds. The van der Waals surface area contributed by atoms with Crippen molar-refractivity contribution in [3.8, 4) is 11.5 Å². The smallest absolute Gasteiger partial charge is 0.231 e. The summed E-state index contributed by atoms with van der Waals surface area (Å²) >= 11 is 0. The van der Waals surface area contributed by atoms with Crippen LogP contribution >= 0.6 is 0 Å². The molecule has 3 aliphatic rings. The van der Waals surface area contributed by atoms with E-state index in [-0.39, 0.29) is 18.5 Å². The normalized spacial score (nSPS) is 31.1. The summed E-state index contributed by atoms with van der Waals surface area (Å²) in [5.74, 6) is 1.86. The fourth-order valence-electron chi connectivity index (χ4n) is 3.77. The summed E-state index contributed by atoms with van der Waals surface area (Å²) < 4.78 is 10.7. The number of benzene rings is 1. The Balaban J connectivity index is 1.55. The van der Waals surface area contributed by atoms with Crippen LogP contribution < -0.4 is 14.8 Å². The summed E-state index contributed by atoms with van der Waals surface area (Å²) in [6.45, 7) is 0.254. The number of carbonyl (C=O) groups excluding carboxylic acids is 1. The predicted octanol–water partition coefficient (Wildman–Crippen LogP) is 2.52. The molecule has 0 saturated carbocycles. The maximum absolute atomic E-state index is 12.7. The number of fused-ring (bicyclic) bond motifs is 3. The van der Waals surface area contributed by atoms with Crippen LogP contribution in [0.2, 0.25) is 0 Å². The molecule has 2 fully saturated rings. The van der Waals surface area contributed by atoms with Gasteiger partial charge >= 0.3 is 0 Å². The Hall–Kier alpha value is -1.55. The standard InChI is InChI=1S/C16H19NO3/c18-16(10-4-5-14-15(8-10)20-9-19-14)11-6-12-2-1-3-13(7-11)17-12/h4-5,8,11-13,17H,1-3,6-7,9H2. The van der Waals surface area contributed by atoms with Gasteiger partial charge in [-0.15, -0.1) is 0 Å². The second kappa shape index (κ2) is 4.77. The van der Waals surface area contributed by atoms with Gasteiger partial charge in [-0.1, -0.05) is 6.42 Å². The minimum Gasteiger partial charge on any atom is -0.454 e. The third kappa shape index (κ3) is 2.08. The van der Waals surface area contributed by atoms with Crippen molar-refractivity contribution in [1.82, 2.24) is 5.32 Å². The summed E-state index contributed by atoms with van der Waals surface area (Å²) in [5, 5.41) is 3.63. The quantitative estimate of drug-likeness (QED) is 0.841. The number of Topliss-reactive ketones (excluding diaryl/α,β-unsaturated/α-hetero) is 1. The maximum atomic E-state index is 12.7. The molecule has 106 valence electrons. The van der Waals surface area contributed by atoms with Crippen LogP contribution in [-0.4, -0.2) is 24.7 Å². The highest BCUT2D eigenvalue weighted by Gasteiger charge is 2.35. The average Bonchev–Trinajstić information content (AvgIpc) is 2.93. The molecular weight excluding hydrogens is 254 g/mol. The van der Waals surface area contributed by atoms with Crippen molar-refractivity contribution in [2.24, 2.45) is 5.92 Å². The number of hydrogen-bond donors (Lipinski definition) is 1. The zero-order chi connectivity index (χ0) is 13.5. The lowest BCUT2D eigenvalue weighted by molar-refractivity contribution is 0.0824. The molecule has 3 aliphatic heterocycles. The van der Waals surface area contributed by atoms with Crippen LogP contribution in [0.15, 0.2) is 18.2 Å². The highest BCUT2D eigenvalue weighted by atomic mass is 16.7. The molecule has 2 saturated heterocycles. The van der Waals surface area contributed by atoms with Crippen LogP contribution in [-0.2, 0) is 0 Å². The average molecular weight is 273 g/mol. The van der Waals surface area contributed by atoms with E-state index in [9.17, 15) is 4.79 Å². The van der Waals surface area contributed by atoms with Crippen molar-refractivity contribution in [3.05, 3.63) is 23.8 Å². The largest absolute Gasteiger partial charge is 0.454 e. The third-order valence-electron chi connectivity index (χ3n) is 4.74. The zero-order valence-corrected chi connectivity index (χ0v) is 11.4. The Kier molecular flexibility index (Phi) is 2.91. The third-order valence-corrected chi connectivity index (χ3v) is 4.74. The van der Waals surface area contributed by atoms with Gasteiger partial charge in [-0.2, -0.15) is 0 Å². The Morgan fingerprint density at radius 2 is 1.85 bits per heavy atom. The lowest BCUT2D eigenvalue weighted by Gasteiger charge is -2.39. The van der Waals surface area contributed by atoms with Crippen LogP contribution in [0.5, 0.6) is 11.5 Å². The molecule has 2 atom stereocenters. The lowest BCUT2D eigenvalue weighted by Crippen LogP contribution is -2.50. The number of rotatable bonds is 2. The molecule has 3 heterocycles. The summed E-state index contributed by atoms with van der Waals surface area (Å²) in [6, 6.07) is 6.61. The Morgan fingerprint density at radius 1 is 1.10 bits per heavy atom. The molecule has 0 radical (unpaired) electrons. The van der Waals surface area contributed by atoms with Gasteiger partial charge in [0.25, 0.3) is 0 Å². The molecule has 0 aromatic heterocycles. The van der Waals surface area contributed by atoms with Crippen LogP contribution in [0, 0.1) is 5.92 Å². The molecule has 0 spiro atoms. The van der Waals surface area contributed by atoms with E-state index in [0.29, 0.717) is 17.8 Å².